The summed E-state index contributed by atoms with van der Waals surface area (Å²) in [4.78, 5) is 12.4. The maximum atomic E-state index is 12.5. The van der Waals surface area contributed by atoms with Gasteiger partial charge in [0.15, 0.2) is 5.78 Å². The third-order valence-corrected chi connectivity index (χ3v) is 6.07. The number of ether oxygens (including phenoxy) is 2. The number of benzene rings is 2. The summed E-state index contributed by atoms with van der Waals surface area (Å²) >= 11 is 0. The molecular formula is C23H29F3N2O8S2. The van der Waals surface area contributed by atoms with Crippen molar-refractivity contribution in [1.29, 1.82) is 0 Å². The van der Waals surface area contributed by atoms with E-state index in [2.05, 4.69) is 10.1 Å². The molecule has 0 saturated heterocycles. The maximum Gasteiger partial charge on any atom is 0.573 e. The fourth-order valence-electron chi connectivity index (χ4n) is 3.61. The molecule has 15 heteroatoms. The molecule has 0 aromatic heterocycles. The molecule has 0 atom stereocenters. The molecule has 1 aliphatic rings. The van der Waals surface area contributed by atoms with Crippen LogP contribution in [-0.4, -0.2) is 59.5 Å². The third kappa shape index (κ3) is 11.3. The minimum atomic E-state index is -4.74. The lowest BCUT2D eigenvalue weighted by Crippen LogP contribution is -2.21. The smallest absolute Gasteiger partial charge is 0.492 e. The Morgan fingerprint density at radius 1 is 1.13 bits per heavy atom. The normalized spacial score (nSPS) is 13.2. The van der Waals surface area contributed by atoms with E-state index >= 15 is 0 Å². The molecule has 0 spiro atoms. The van der Waals surface area contributed by atoms with Crippen LogP contribution in [0.3, 0.4) is 0 Å². The summed E-state index contributed by atoms with van der Waals surface area (Å²) in [6.45, 7) is 1.37. The predicted octanol–water partition coefficient (Wildman–Crippen LogP) is 2.86. The second kappa shape index (κ2) is 13.4. The molecule has 0 radical (unpaired) electrons. The number of nitrogens with one attached hydrogen (secondary N) is 1. The second-order valence-electron chi connectivity index (χ2n) is 8.37. The number of sulfonamides is 1. The first kappa shape index (κ1) is 31.5. The highest BCUT2D eigenvalue weighted by Crippen LogP contribution is 2.34. The number of carbonyl (C=O) groups excluding carboxylic acids is 1. The molecule has 212 valence electrons. The molecule has 2 aromatic rings. The van der Waals surface area contributed by atoms with E-state index in [-0.39, 0.29) is 34.2 Å². The average Bonchev–Trinajstić information content (AvgIpc) is 3.24. The molecule has 0 saturated carbocycles. The van der Waals surface area contributed by atoms with Crippen LogP contribution in [0.4, 0.5) is 13.2 Å². The van der Waals surface area contributed by atoms with Crippen molar-refractivity contribution in [2.45, 2.75) is 43.4 Å². The number of halogens is 3. The lowest BCUT2D eigenvalue weighted by atomic mass is 10.0. The molecule has 4 N–H and O–H groups in total. The van der Waals surface area contributed by atoms with E-state index in [1.807, 2.05) is 0 Å². The van der Waals surface area contributed by atoms with Gasteiger partial charge in [-0.15, -0.1) is 13.2 Å². The van der Waals surface area contributed by atoms with Crippen molar-refractivity contribution in [3.63, 3.8) is 0 Å². The standard InChI is InChI=1S/C22H25F3N2O5S.CH4O3S/c23-22(24,25)32-19-7-2-1-5-15(19)8-11-27-10-4-3-6-18(28)17-13-16-9-12-31-21(16)20(14-17)33(26,29)30;1-5(2,3)4/h1-2,5,7,13-14,27H,3-4,6,8-12H2,(H2,26,29,30);1H3,(H,2,3,4). The van der Waals surface area contributed by atoms with Crippen molar-refractivity contribution in [1.82, 2.24) is 5.32 Å². The van der Waals surface area contributed by atoms with Crippen LogP contribution in [0.2, 0.25) is 0 Å². The van der Waals surface area contributed by atoms with E-state index in [1.165, 1.54) is 18.2 Å². The highest BCUT2D eigenvalue weighted by atomic mass is 32.2. The molecule has 2 aromatic carbocycles. The van der Waals surface area contributed by atoms with E-state index in [0.717, 1.165) is 0 Å². The quantitative estimate of drug-likeness (QED) is 0.205. The molecule has 3 rings (SSSR count). The van der Waals surface area contributed by atoms with Crippen LogP contribution in [0.15, 0.2) is 41.3 Å². The van der Waals surface area contributed by atoms with Gasteiger partial charge in [-0.25, -0.2) is 13.6 Å². The van der Waals surface area contributed by atoms with Crippen LogP contribution in [0.5, 0.6) is 11.5 Å². The Balaban J connectivity index is 0.000000926. The van der Waals surface area contributed by atoms with E-state index in [4.69, 9.17) is 14.4 Å². The number of unbranched alkanes of at least 4 members (excludes halogenated alkanes) is 1. The number of carbonyl (C=O) groups is 1. The molecule has 1 aliphatic heterocycles. The summed E-state index contributed by atoms with van der Waals surface area (Å²) < 4.78 is 96.3. The van der Waals surface area contributed by atoms with Gasteiger partial charge in [0, 0.05) is 18.4 Å². The number of para-hydroxylation sites is 1. The van der Waals surface area contributed by atoms with Gasteiger partial charge in [0.05, 0.1) is 12.9 Å². The summed E-state index contributed by atoms with van der Waals surface area (Å²) in [5.41, 5.74) is 1.39. The zero-order valence-electron chi connectivity index (χ0n) is 20.5. The SMILES string of the molecule is CS(=O)(=O)O.NS(=O)(=O)c1cc(C(=O)CCCCNCCc2ccccc2OC(F)(F)F)cc2c1OCC2. The maximum absolute atomic E-state index is 12.5. The van der Waals surface area contributed by atoms with Crippen molar-refractivity contribution in [3.05, 3.63) is 53.1 Å². The largest absolute Gasteiger partial charge is 0.573 e. The fourth-order valence-corrected chi connectivity index (χ4v) is 4.35. The van der Waals surface area contributed by atoms with Gasteiger partial charge >= 0.3 is 6.36 Å². The summed E-state index contributed by atoms with van der Waals surface area (Å²) in [6.07, 6.45) is -1.68. The fraction of sp³-hybridized carbons (Fsp3) is 0.435. The Bertz CT molecular complexity index is 1320. The molecule has 1 heterocycles. The second-order valence-corrected chi connectivity index (χ2v) is 11.4. The number of hydrogen-bond acceptors (Lipinski definition) is 8. The highest BCUT2D eigenvalue weighted by molar-refractivity contribution is 7.89. The molecular weight excluding hydrogens is 553 g/mol. The van der Waals surface area contributed by atoms with E-state index in [9.17, 15) is 34.8 Å². The monoisotopic (exact) mass is 582 g/mol. The highest BCUT2D eigenvalue weighted by Gasteiger charge is 2.32. The number of fused-ring (bicyclic) bond motifs is 1. The van der Waals surface area contributed by atoms with Gasteiger partial charge in [-0.05, 0) is 61.7 Å². The summed E-state index contributed by atoms with van der Waals surface area (Å²) in [7, 11) is -7.68. The van der Waals surface area contributed by atoms with Crippen LogP contribution in [0.25, 0.3) is 0 Å². The number of alkyl halides is 3. The van der Waals surface area contributed by atoms with Crippen molar-refractivity contribution < 1.29 is 48.8 Å². The summed E-state index contributed by atoms with van der Waals surface area (Å²) in [5.74, 6) is -0.177. The Morgan fingerprint density at radius 3 is 2.42 bits per heavy atom. The molecule has 0 bridgehead atoms. The van der Waals surface area contributed by atoms with E-state index in [0.29, 0.717) is 62.8 Å². The van der Waals surface area contributed by atoms with Crippen molar-refractivity contribution in [2.75, 3.05) is 26.0 Å². The number of Topliss-reactive ketones (excluding diaryl/α,β-unsaturated/α-hetero) is 1. The average molecular weight is 583 g/mol. The number of rotatable bonds is 11. The van der Waals surface area contributed by atoms with Crippen molar-refractivity contribution >= 4 is 25.9 Å². The Kier molecular flexibility index (Phi) is 11.1. The summed E-state index contributed by atoms with van der Waals surface area (Å²) in [6, 6.07) is 8.91. The predicted molar refractivity (Wildman–Crippen MR) is 132 cm³/mol. The lowest BCUT2D eigenvalue weighted by Gasteiger charge is -2.13. The zero-order valence-corrected chi connectivity index (χ0v) is 22.1. The molecule has 0 fully saturated rings. The first-order valence-corrected chi connectivity index (χ1v) is 14.8. The van der Waals surface area contributed by atoms with Gasteiger partial charge in [0.1, 0.15) is 16.4 Å². The zero-order chi connectivity index (χ0) is 28.6. The topological polar surface area (TPSA) is 162 Å². The molecule has 0 amide bonds. The van der Waals surface area contributed by atoms with Crippen LogP contribution in [0.1, 0.15) is 40.7 Å². The first-order valence-electron chi connectivity index (χ1n) is 11.4. The van der Waals surface area contributed by atoms with Gasteiger partial charge in [0.25, 0.3) is 10.1 Å². The van der Waals surface area contributed by atoms with Gasteiger partial charge in [0.2, 0.25) is 10.0 Å². The minimum Gasteiger partial charge on any atom is -0.492 e. The Hall–Kier alpha value is -2.72. The van der Waals surface area contributed by atoms with E-state index in [1.54, 1.807) is 18.2 Å². The molecule has 10 nitrogen and oxygen atoms in total. The van der Waals surface area contributed by atoms with Gasteiger partial charge in [-0.2, -0.15) is 8.42 Å². The van der Waals surface area contributed by atoms with Gasteiger partial charge < -0.3 is 14.8 Å². The van der Waals surface area contributed by atoms with Gasteiger partial charge in [-0.3, -0.25) is 9.35 Å². The Morgan fingerprint density at radius 2 is 1.79 bits per heavy atom. The van der Waals surface area contributed by atoms with E-state index < -0.39 is 26.5 Å². The van der Waals surface area contributed by atoms with Crippen LogP contribution in [0, 0.1) is 0 Å². The van der Waals surface area contributed by atoms with Crippen molar-refractivity contribution in [2.24, 2.45) is 5.14 Å². The number of primary sulfonamides is 1. The molecule has 0 aliphatic carbocycles. The summed E-state index contributed by atoms with van der Waals surface area (Å²) in [5, 5.41) is 8.40. The first-order chi connectivity index (χ1) is 17.5. The van der Waals surface area contributed by atoms with Gasteiger partial charge in [-0.1, -0.05) is 18.2 Å². The number of ketones is 1. The lowest BCUT2D eigenvalue weighted by molar-refractivity contribution is -0.274. The minimum absolute atomic E-state index is 0.169. The van der Waals surface area contributed by atoms with Crippen LogP contribution < -0.4 is 19.9 Å². The number of hydrogen-bond donors (Lipinski definition) is 3. The van der Waals surface area contributed by atoms with Crippen LogP contribution in [-0.2, 0) is 33.0 Å². The molecule has 0 unspecified atom stereocenters. The Labute approximate surface area is 219 Å². The van der Waals surface area contributed by atoms with Crippen molar-refractivity contribution in [3.8, 4) is 11.5 Å². The third-order valence-electron chi connectivity index (χ3n) is 5.15. The van der Waals surface area contributed by atoms with Crippen LogP contribution >= 0.6 is 0 Å². The molecule has 38 heavy (non-hydrogen) atoms. The number of nitrogens with two attached hydrogens (primary N) is 1.